The molecule has 4 unspecified atom stereocenters. The van der Waals surface area contributed by atoms with Gasteiger partial charge in [-0.2, -0.15) is 16.8 Å². The molecule has 0 spiro atoms. The van der Waals surface area contributed by atoms with Gasteiger partial charge in [0.2, 0.25) is 23.6 Å². The number of nitrogens with zero attached hydrogens (tertiary/aromatic N) is 5. The monoisotopic (exact) mass is 1250 g/mol. The number of ether oxygens (including phenoxy) is 6. The highest BCUT2D eigenvalue weighted by Crippen LogP contribution is 2.42. The molecule has 446 valence electrons. The predicted octanol–water partition coefficient (Wildman–Crippen LogP) is 7.98. The van der Waals surface area contributed by atoms with Gasteiger partial charge in [0.15, 0.2) is 0 Å². The molecule has 4 aromatic heterocycles. The SMILES string of the molecule is Cc1ccc(-c2csc3c(OC4C5CNCC4COC5)ncnc23)c(F)c1.Cc1ccc(-c2csc3c(OC4C5COCC4CN(C(=O)OC4CCC4)C5)ncnc23)c(F)c1.Cl.O=C(O)OC1CCC1.O=C1CCC(=O)N1.O=S=O.O=S=O. The fraction of sp³-hybridized carbons (Fsp3) is 0.481. The van der Waals surface area contributed by atoms with Gasteiger partial charge in [0.1, 0.15) is 58.1 Å². The summed E-state index contributed by atoms with van der Waals surface area (Å²) in [5.41, 5.74) is 5.79. The summed E-state index contributed by atoms with van der Waals surface area (Å²) in [5, 5.41) is 17.5. The maximum atomic E-state index is 14.7. The van der Waals surface area contributed by atoms with Gasteiger partial charge in [0, 0.05) is 95.7 Å². The van der Waals surface area contributed by atoms with E-state index in [1.807, 2.05) is 42.8 Å². The number of halogens is 3. The van der Waals surface area contributed by atoms with E-state index in [1.54, 1.807) is 17.0 Å². The number of imide groups is 1. The highest BCUT2D eigenvalue weighted by atomic mass is 35.5. The van der Waals surface area contributed by atoms with E-state index < -0.39 is 29.3 Å². The van der Waals surface area contributed by atoms with Gasteiger partial charge < -0.3 is 43.7 Å². The highest BCUT2D eigenvalue weighted by Gasteiger charge is 2.45. The standard InChI is InChI=1S/C25H26FN3O4S.C20H20FN3O2S.C5H8O3.C4H5NO2.ClH.2O2S/c1-14-5-6-18(20(26)7-14)19-12-34-23-21(19)27-13-28-24(23)33-22-15-8-29(9-16(22)11-31-10-15)25(30)32-17-3-2-4-17;1-11-2-3-14(16(21)4-11)15-9-27-19-17(15)23-10-24-20(19)26-18-12-5-22-6-13(18)8-25-7-12;6-5(7)8-4-2-1-3-4;6-3-1-2-4(7)5-3;;2*1-3-2/h5-7,12-13,15-17,22H,2-4,8-11H2,1H3;2-4,9-10,12-13,18,22H,5-8H2,1H3;4H,1-3H2,(H,6,7);1-2H2,(H,5,6,7);1H;;. The molecule has 9 heterocycles. The van der Waals surface area contributed by atoms with Crippen LogP contribution in [0.3, 0.4) is 0 Å². The minimum absolute atomic E-state index is 0. The fourth-order valence-corrected chi connectivity index (χ4v) is 12.1. The second-order valence-electron chi connectivity index (χ2n) is 20.3. The third-order valence-corrected chi connectivity index (χ3v) is 16.5. The van der Waals surface area contributed by atoms with Gasteiger partial charge in [-0.3, -0.25) is 14.9 Å². The number of aromatic nitrogens is 4. The molecule has 83 heavy (non-hydrogen) atoms. The lowest BCUT2D eigenvalue weighted by molar-refractivity contribution is -0.124. The Morgan fingerprint density at radius 3 is 1.45 bits per heavy atom. The van der Waals surface area contributed by atoms with Gasteiger partial charge in [-0.05, 0) is 75.6 Å². The molecule has 13 rings (SSSR count). The highest BCUT2D eigenvalue weighted by molar-refractivity contribution is 7.52. The number of hydrogen-bond donors (Lipinski definition) is 3. The van der Waals surface area contributed by atoms with E-state index in [0.717, 1.165) is 88.8 Å². The van der Waals surface area contributed by atoms with E-state index in [4.69, 9.17) is 45.6 Å². The van der Waals surface area contributed by atoms with E-state index in [9.17, 15) is 28.0 Å². The molecule has 2 aliphatic carbocycles. The molecular weight excluding hydrogens is 1190 g/mol. The molecule has 0 radical (unpaired) electrons. The zero-order chi connectivity index (χ0) is 58.3. The topological polar surface area (TPSA) is 291 Å². The van der Waals surface area contributed by atoms with Gasteiger partial charge in [-0.15, -0.1) is 35.1 Å². The second kappa shape index (κ2) is 30.9. The zero-order valence-corrected chi connectivity index (χ0v) is 49.0. The number of carboxylic acid groups (broad SMARTS) is 1. The van der Waals surface area contributed by atoms with Gasteiger partial charge in [-0.25, -0.2) is 38.3 Å². The predicted molar refractivity (Wildman–Crippen MR) is 302 cm³/mol. The first kappa shape index (κ1) is 64.0. The summed E-state index contributed by atoms with van der Waals surface area (Å²) in [6, 6.07) is 10.5. The number of piperidine rings is 2. The summed E-state index contributed by atoms with van der Waals surface area (Å²) in [5.74, 6) is 0.979. The van der Waals surface area contributed by atoms with E-state index in [0.29, 0.717) is 92.6 Å². The molecule has 2 saturated carbocycles. The number of rotatable bonds is 8. The minimum atomic E-state index is -1.14. The number of carbonyl (C=O) groups excluding carboxylic acids is 3. The van der Waals surface area contributed by atoms with Crippen LogP contribution in [-0.2, 0) is 51.7 Å². The molecule has 5 aliphatic heterocycles. The molecule has 2 aromatic carbocycles. The van der Waals surface area contributed by atoms with Crippen molar-refractivity contribution in [2.45, 2.75) is 89.6 Å². The number of carbonyl (C=O) groups is 4. The number of aryl methyl sites for hydroxylation is 2. The van der Waals surface area contributed by atoms with Crippen molar-refractivity contribution >= 4 is 103 Å². The summed E-state index contributed by atoms with van der Waals surface area (Å²) >= 11 is 1.46. The summed E-state index contributed by atoms with van der Waals surface area (Å²) in [6.45, 7) is 9.03. The van der Waals surface area contributed by atoms with E-state index in [1.165, 1.54) is 41.4 Å². The molecule has 3 amide bonds. The molecule has 22 nitrogen and oxygen atoms in total. The minimum Gasteiger partial charge on any atom is -0.472 e. The summed E-state index contributed by atoms with van der Waals surface area (Å²) in [7, 11) is 0. The van der Waals surface area contributed by atoms with Crippen LogP contribution in [0, 0.1) is 49.2 Å². The van der Waals surface area contributed by atoms with E-state index >= 15 is 0 Å². The second-order valence-corrected chi connectivity index (χ2v) is 22.3. The first-order valence-electron chi connectivity index (χ1n) is 26.4. The molecule has 3 N–H and O–H groups in total. The third-order valence-electron chi connectivity index (χ3n) is 14.6. The molecule has 4 atom stereocenters. The fourth-order valence-electron chi connectivity index (χ4n) is 10.2. The normalized spacial score (nSPS) is 22.0. The summed E-state index contributed by atoms with van der Waals surface area (Å²) < 4.78 is 98.3. The molecule has 4 bridgehead atoms. The quantitative estimate of drug-likeness (QED) is 0.0961. The molecule has 7 aliphatic rings. The Balaban J connectivity index is 0.000000178. The van der Waals surface area contributed by atoms with Crippen LogP contribution < -0.4 is 20.1 Å². The molecule has 5 saturated heterocycles. The average Bonchev–Trinajstić information content (AvgIpc) is 3.04. The number of thiophene rings is 2. The smallest absolute Gasteiger partial charge is 0.472 e. The van der Waals surface area contributed by atoms with Gasteiger partial charge in [0.25, 0.3) is 0 Å². The molecule has 7 fully saturated rings. The van der Waals surface area contributed by atoms with Crippen LogP contribution in [0.2, 0.25) is 0 Å². The lowest BCUT2D eigenvalue weighted by Gasteiger charge is -2.46. The van der Waals surface area contributed by atoms with Crippen LogP contribution in [0.25, 0.3) is 42.7 Å². The van der Waals surface area contributed by atoms with Crippen LogP contribution >= 0.6 is 35.1 Å². The van der Waals surface area contributed by atoms with Crippen molar-refractivity contribution < 1.29 is 78.3 Å². The van der Waals surface area contributed by atoms with Gasteiger partial charge >= 0.3 is 35.4 Å². The van der Waals surface area contributed by atoms with Crippen molar-refractivity contribution in [1.29, 1.82) is 0 Å². The summed E-state index contributed by atoms with van der Waals surface area (Å²) in [4.78, 5) is 62.1. The number of amides is 3. The lowest BCUT2D eigenvalue weighted by atomic mass is 9.84. The number of nitrogens with one attached hydrogen (secondary N) is 2. The van der Waals surface area contributed by atoms with Crippen LogP contribution in [0.15, 0.2) is 59.8 Å². The average molecular weight is 1250 g/mol. The first-order chi connectivity index (χ1) is 39.7. The Labute approximate surface area is 496 Å². The lowest BCUT2D eigenvalue weighted by Crippen LogP contribution is -2.59. The van der Waals surface area contributed by atoms with Crippen molar-refractivity contribution in [3.05, 3.63) is 82.6 Å². The first-order valence-corrected chi connectivity index (χ1v) is 29.5. The van der Waals surface area contributed by atoms with E-state index in [-0.39, 0.29) is 78.2 Å². The maximum Gasteiger partial charge on any atom is 0.506 e. The number of hydrogen-bond acceptors (Lipinski definition) is 21. The Kier molecular flexibility index (Phi) is 23.8. The Morgan fingerprint density at radius 1 is 0.651 bits per heavy atom. The molecular formula is C54H60ClF2N7O15S4. The molecule has 29 heteroatoms. The Bertz CT molecular complexity index is 3250. The Hall–Kier alpha value is -6.53. The van der Waals surface area contributed by atoms with Crippen LogP contribution in [0.4, 0.5) is 18.4 Å². The van der Waals surface area contributed by atoms with E-state index in [2.05, 4.69) is 35.3 Å². The van der Waals surface area contributed by atoms with Crippen molar-refractivity contribution in [2.24, 2.45) is 23.7 Å². The van der Waals surface area contributed by atoms with Crippen molar-refractivity contribution in [2.75, 3.05) is 52.6 Å². The largest absolute Gasteiger partial charge is 0.506 e. The van der Waals surface area contributed by atoms with Crippen molar-refractivity contribution in [3.8, 4) is 34.0 Å². The Morgan fingerprint density at radius 2 is 1.07 bits per heavy atom. The molecule has 6 aromatic rings. The zero-order valence-electron chi connectivity index (χ0n) is 44.9. The number of likely N-dealkylation sites (tertiary alicyclic amines) is 1. The van der Waals surface area contributed by atoms with Crippen LogP contribution in [0.5, 0.6) is 11.8 Å². The maximum absolute atomic E-state index is 14.7. The third kappa shape index (κ3) is 16.6. The van der Waals surface area contributed by atoms with Crippen LogP contribution in [0.1, 0.15) is 62.5 Å². The van der Waals surface area contributed by atoms with Crippen molar-refractivity contribution in [1.82, 2.24) is 35.5 Å². The van der Waals surface area contributed by atoms with Gasteiger partial charge in [-0.1, -0.05) is 24.3 Å². The number of fused-ring (bicyclic) bond motifs is 6. The van der Waals surface area contributed by atoms with Crippen molar-refractivity contribution in [3.63, 3.8) is 0 Å². The number of benzene rings is 2. The van der Waals surface area contributed by atoms with Crippen LogP contribution in [-0.4, -0.2) is 148 Å². The van der Waals surface area contributed by atoms with Gasteiger partial charge in [0.05, 0.1) is 37.5 Å². The summed E-state index contributed by atoms with van der Waals surface area (Å²) in [6.07, 6.45) is 8.36.